The van der Waals surface area contributed by atoms with Crippen molar-refractivity contribution < 1.29 is 9.59 Å². The van der Waals surface area contributed by atoms with Crippen molar-refractivity contribution in [3.05, 3.63) is 17.8 Å². The number of carbonyl (C=O) groups excluding carboxylic acids is 2. The molecule has 1 aliphatic carbocycles. The van der Waals surface area contributed by atoms with E-state index in [4.69, 9.17) is 11.5 Å². The molecule has 2 rings (SSSR count). The Labute approximate surface area is 111 Å². The van der Waals surface area contributed by atoms with Gasteiger partial charge in [0.05, 0.1) is 12.2 Å². The van der Waals surface area contributed by atoms with Crippen LogP contribution in [0.3, 0.4) is 0 Å². The maximum absolute atomic E-state index is 11.7. The highest BCUT2D eigenvalue weighted by Gasteiger charge is 2.24. The number of nitrogens with two attached hydrogens (primary N) is 2. The SMILES string of the molecule is CN(CC(=O)NC1CC1)c1nc(C(N)=O)ccc1N. The van der Waals surface area contributed by atoms with Crippen LogP contribution in [0.25, 0.3) is 0 Å². The minimum atomic E-state index is -0.628. The van der Waals surface area contributed by atoms with E-state index >= 15 is 0 Å². The van der Waals surface area contributed by atoms with Gasteiger partial charge in [0.2, 0.25) is 5.91 Å². The fraction of sp³-hybridized carbons (Fsp3) is 0.417. The van der Waals surface area contributed by atoms with E-state index in [0.29, 0.717) is 17.5 Å². The molecule has 7 heteroatoms. The molecule has 0 spiro atoms. The zero-order valence-corrected chi connectivity index (χ0v) is 10.7. The quantitative estimate of drug-likeness (QED) is 0.661. The first-order valence-electron chi connectivity index (χ1n) is 6.04. The van der Waals surface area contributed by atoms with E-state index in [2.05, 4.69) is 10.3 Å². The van der Waals surface area contributed by atoms with Gasteiger partial charge in [0, 0.05) is 13.1 Å². The number of hydrogen-bond acceptors (Lipinski definition) is 5. The van der Waals surface area contributed by atoms with Crippen LogP contribution in [0.4, 0.5) is 11.5 Å². The van der Waals surface area contributed by atoms with Crippen molar-refractivity contribution in [1.29, 1.82) is 0 Å². The molecular formula is C12H17N5O2. The van der Waals surface area contributed by atoms with E-state index < -0.39 is 5.91 Å². The Morgan fingerprint density at radius 3 is 2.74 bits per heavy atom. The van der Waals surface area contributed by atoms with Crippen LogP contribution in [0.1, 0.15) is 23.3 Å². The van der Waals surface area contributed by atoms with Crippen molar-refractivity contribution in [3.8, 4) is 0 Å². The number of carbonyl (C=O) groups is 2. The molecule has 1 heterocycles. The Bertz CT molecular complexity index is 513. The number of amides is 2. The number of anilines is 2. The zero-order chi connectivity index (χ0) is 14.0. The molecular weight excluding hydrogens is 246 g/mol. The number of nitrogen functional groups attached to an aromatic ring is 1. The number of primary amides is 1. The number of pyridine rings is 1. The van der Waals surface area contributed by atoms with Crippen molar-refractivity contribution in [1.82, 2.24) is 10.3 Å². The van der Waals surface area contributed by atoms with Gasteiger partial charge in [-0.25, -0.2) is 4.98 Å². The summed E-state index contributed by atoms with van der Waals surface area (Å²) in [6.45, 7) is 0.135. The monoisotopic (exact) mass is 263 g/mol. The van der Waals surface area contributed by atoms with Crippen molar-refractivity contribution >= 4 is 23.3 Å². The zero-order valence-electron chi connectivity index (χ0n) is 10.7. The summed E-state index contributed by atoms with van der Waals surface area (Å²) in [5.74, 6) is -0.338. The normalized spacial score (nSPS) is 13.9. The first kappa shape index (κ1) is 13.1. The third-order valence-corrected chi connectivity index (χ3v) is 2.84. The molecule has 19 heavy (non-hydrogen) atoms. The summed E-state index contributed by atoms with van der Waals surface area (Å²) >= 11 is 0. The van der Waals surface area contributed by atoms with Crippen LogP contribution in [-0.2, 0) is 4.79 Å². The lowest BCUT2D eigenvalue weighted by molar-refractivity contribution is -0.119. The van der Waals surface area contributed by atoms with Crippen LogP contribution in [-0.4, -0.2) is 36.4 Å². The molecule has 1 aromatic rings. The number of likely N-dealkylation sites (N-methyl/N-ethyl adjacent to an activating group) is 1. The summed E-state index contributed by atoms with van der Waals surface area (Å²) < 4.78 is 0. The Kier molecular flexibility index (Phi) is 3.55. The minimum Gasteiger partial charge on any atom is -0.396 e. The van der Waals surface area contributed by atoms with Gasteiger partial charge in [-0.1, -0.05) is 0 Å². The lowest BCUT2D eigenvalue weighted by atomic mass is 10.3. The smallest absolute Gasteiger partial charge is 0.267 e. The fourth-order valence-corrected chi connectivity index (χ4v) is 1.69. The molecule has 102 valence electrons. The van der Waals surface area contributed by atoms with Crippen LogP contribution >= 0.6 is 0 Å². The van der Waals surface area contributed by atoms with Gasteiger partial charge in [0.15, 0.2) is 5.82 Å². The summed E-state index contributed by atoms with van der Waals surface area (Å²) in [6.07, 6.45) is 2.07. The Morgan fingerprint density at radius 1 is 1.47 bits per heavy atom. The Balaban J connectivity index is 2.08. The van der Waals surface area contributed by atoms with E-state index in [1.807, 2.05) is 0 Å². The van der Waals surface area contributed by atoms with Gasteiger partial charge in [-0.15, -0.1) is 0 Å². The van der Waals surface area contributed by atoms with Crippen molar-refractivity contribution in [2.75, 3.05) is 24.2 Å². The molecule has 0 atom stereocenters. The first-order chi connectivity index (χ1) is 8.97. The summed E-state index contributed by atoms with van der Waals surface area (Å²) in [5.41, 5.74) is 11.5. The topological polar surface area (TPSA) is 114 Å². The van der Waals surface area contributed by atoms with Gasteiger partial charge in [-0.3, -0.25) is 9.59 Å². The third-order valence-electron chi connectivity index (χ3n) is 2.84. The number of nitrogens with one attached hydrogen (secondary N) is 1. The van der Waals surface area contributed by atoms with Crippen LogP contribution < -0.4 is 21.7 Å². The molecule has 2 amide bonds. The van der Waals surface area contributed by atoms with Crippen LogP contribution in [0, 0.1) is 0 Å². The molecule has 0 radical (unpaired) electrons. The van der Waals surface area contributed by atoms with Crippen molar-refractivity contribution in [2.24, 2.45) is 5.73 Å². The highest BCUT2D eigenvalue weighted by atomic mass is 16.2. The molecule has 7 nitrogen and oxygen atoms in total. The van der Waals surface area contributed by atoms with Gasteiger partial charge >= 0.3 is 0 Å². The number of aromatic nitrogens is 1. The van der Waals surface area contributed by atoms with Gasteiger partial charge in [-0.05, 0) is 25.0 Å². The third kappa shape index (κ3) is 3.34. The van der Waals surface area contributed by atoms with Gasteiger partial charge in [0.1, 0.15) is 5.69 Å². The largest absolute Gasteiger partial charge is 0.396 e. The second-order valence-electron chi connectivity index (χ2n) is 4.67. The molecule has 0 unspecified atom stereocenters. The standard InChI is InChI=1S/C12H17N5O2/c1-17(6-10(18)15-7-2-3-7)12-8(13)4-5-9(16-12)11(14)19/h4-5,7H,2-3,6,13H2,1H3,(H2,14,19)(H,15,18). The molecule has 5 N–H and O–H groups in total. The summed E-state index contributed by atoms with van der Waals surface area (Å²) in [6, 6.07) is 3.32. The molecule has 0 aliphatic heterocycles. The highest BCUT2D eigenvalue weighted by molar-refractivity contribution is 5.92. The van der Waals surface area contributed by atoms with Gasteiger partial charge < -0.3 is 21.7 Å². The number of hydrogen-bond donors (Lipinski definition) is 3. The van der Waals surface area contributed by atoms with E-state index in [1.165, 1.54) is 6.07 Å². The first-order valence-corrected chi connectivity index (χ1v) is 6.04. The highest BCUT2D eigenvalue weighted by Crippen LogP contribution is 2.20. The van der Waals surface area contributed by atoms with E-state index in [0.717, 1.165) is 12.8 Å². The van der Waals surface area contributed by atoms with E-state index in [1.54, 1.807) is 18.0 Å². The summed E-state index contributed by atoms with van der Waals surface area (Å²) in [7, 11) is 1.69. The summed E-state index contributed by atoms with van der Waals surface area (Å²) in [4.78, 5) is 28.4. The predicted molar refractivity (Wildman–Crippen MR) is 71.6 cm³/mol. The van der Waals surface area contributed by atoms with Gasteiger partial charge in [0.25, 0.3) is 5.91 Å². The lowest BCUT2D eigenvalue weighted by Crippen LogP contribution is -2.37. The Morgan fingerprint density at radius 2 is 2.16 bits per heavy atom. The number of rotatable bonds is 5. The van der Waals surface area contributed by atoms with E-state index in [-0.39, 0.29) is 18.1 Å². The van der Waals surface area contributed by atoms with Crippen LogP contribution in [0.5, 0.6) is 0 Å². The van der Waals surface area contributed by atoms with Crippen molar-refractivity contribution in [3.63, 3.8) is 0 Å². The molecule has 1 aromatic heterocycles. The molecule has 0 bridgehead atoms. The fourth-order valence-electron chi connectivity index (χ4n) is 1.69. The predicted octanol–water partition coefficient (Wildman–Crippen LogP) is -0.522. The average Bonchev–Trinajstić information content (AvgIpc) is 3.12. The number of nitrogens with zero attached hydrogens (tertiary/aromatic N) is 2. The summed E-state index contributed by atoms with van der Waals surface area (Å²) in [5, 5.41) is 2.87. The molecule has 0 aromatic carbocycles. The maximum atomic E-state index is 11.7. The minimum absolute atomic E-state index is 0.0873. The van der Waals surface area contributed by atoms with Gasteiger partial charge in [-0.2, -0.15) is 0 Å². The van der Waals surface area contributed by atoms with Crippen molar-refractivity contribution in [2.45, 2.75) is 18.9 Å². The molecule has 1 aliphatic rings. The van der Waals surface area contributed by atoms with Crippen LogP contribution in [0.15, 0.2) is 12.1 Å². The second-order valence-corrected chi connectivity index (χ2v) is 4.67. The van der Waals surface area contributed by atoms with Crippen LogP contribution in [0.2, 0.25) is 0 Å². The molecule has 1 saturated carbocycles. The lowest BCUT2D eigenvalue weighted by Gasteiger charge is -2.19. The second kappa shape index (κ2) is 5.13. The Hall–Kier alpha value is -2.31. The average molecular weight is 263 g/mol. The maximum Gasteiger partial charge on any atom is 0.267 e. The molecule has 1 fully saturated rings. The van der Waals surface area contributed by atoms with E-state index in [9.17, 15) is 9.59 Å². The molecule has 0 saturated heterocycles.